The fraction of sp³-hybridized carbons (Fsp3) is 0.0769. The van der Waals surface area contributed by atoms with Gasteiger partial charge in [-0.25, -0.2) is 27.0 Å². The molecular weight excluding hydrogens is 399 g/mol. The molecule has 7 nitrogen and oxygen atoms in total. The number of halogens is 2. The zero-order valence-corrected chi connectivity index (χ0v) is 15.0. The molecule has 0 fully saturated rings. The summed E-state index contributed by atoms with van der Waals surface area (Å²) < 4.78 is 47.9. The average molecular weight is 409 g/mol. The first-order valence-electron chi connectivity index (χ1n) is 6.21. The highest BCUT2D eigenvalue weighted by Crippen LogP contribution is 2.23. The van der Waals surface area contributed by atoms with Crippen molar-refractivity contribution in [1.29, 1.82) is 0 Å². The third kappa shape index (κ3) is 4.11. The van der Waals surface area contributed by atoms with Gasteiger partial charge in [-0.05, 0) is 18.2 Å². The molecule has 0 amide bonds. The van der Waals surface area contributed by atoms with Crippen LogP contribution in [0.4, 0.5) is 0 Å². The van der Waals surface area contributed by atoms with Gasteiger partial charge in [0.2, 0.25) is 10.0 Å². The van der Waals surface area contributed by atoms with Gasteiger partial charge in [-0.2, -0.15) is 0 Å². The predicted molar refractivity (Wildman–Crippen MR) is 88.5 cm³/mol. The molecule has 0 aliphatic rings. The molecule has 0 atom stereocenters. The van der Waals surface area contributed by atoms with E-state index in [0.717, 1.165) is 18.3 Å². The molecule has 24 heavy (non-hydrogen) atoms. The summed E-state index contributed by atoms with van der Waals surface area (Å²) in [6, 6.07) is 5.94. The smallest absolute Gasteiger partial charge is 0.239 e. The highest BCUT2D eigenvalue weighted by atomic mass is 35.5. The van der Waals surface area contributed by atoms with Crippen molar-refractivity contribution in [3.63, 3.8) is 0 Å². The first-order chi connectivity index (χ1) is 11.0. The zero-order valence-electron chi connectivity index (χ0n) is 11.8. The Labute approximate surface area is 148 Å². The van der Waals surface area contributed by atoms with Crippen LogP contribution in [0.2, 0.25) is 10.2 Å². The van der Waals surface area contributed by atoms with Gasteiger partial charge in [0.05, 0.1) is 9.92 Å². The van der Waals surface area contributed by atoms with Gasteiger partial charge in [0, 0.05) is 11.8 Å². The minimum Gasteiger partial charge on any atom is -0.293 e. The topological polar surface area (TPSA) is 124 Å². The number of benzene rings is 1. The van der Waals surface area contributed by atoms with Gasteiger partial charge in [-0.1, -0.05) is 35.3 Å². The van der Waals surface area contributed by atoms with Crippen molar-refractivity contribution in [1.82, 2.24) is 4.98 Å². The molecule has 0 radical (unpaired) electrons. The van der Waals surface area contributed by atoms with Crippen molar-refractivity contribution in [2.45, 2.75) is 9.79 Å². The Kier molecular flexibility index (Phi) is 5.31. The average Bonchev–Trinajstić information content (AvgIpc) is 2.48. The largest absolute Gasteiger partial charge is 0.293 e. The van der Waals surface area contributed by atoms with E-state index in [1.54, 1.807) is 0 Å². The predicted octanol–water partition coefficient (Wildman–Crippen LogP) is 1.69. The van der Waals surface area contributed by atoms with Gasteiger partial charge < -0.3 is 0 Å². The maximum atomic E-state index is 12.4. The van der Waals surface area contributed by atoms with Crippen molar-refractivity contribution < 1.29 is 21.6 Å². The van der Waals surface area contributed by atoms with Gasteiger partial charge in [0.25, 0.3) is 0 Å². The summed E-state index contributed by atoms with van der Waals surface area (Å²) >= 11 is 11.4. The molecule has 1 aromatic heterocycles. The number of primary sulfonamides is 1. The monoisotopic (exact) mass is 408 g/mol. The van der Waals surface area contributed by atoms with E-state index in [1.807, 2.05) is 0 Å². The third-order valence-corrected chi connectivity index (χ3v) is 6.38. The van der Waals surface area contributed by atoms with Crippen LogP contribution in [0.1, 0.15) is 10.4 Å². The number of pyridine rings is 1. The zero-order chi connectivity index (χ0) is 18.1. The van der Waals surface area contributed by atoms with Crippen LogP contribution in [0.25, 0.3) is 0 Å². The lowest BCUT2D eigenvalue weighted by Crippen LogP contribution is -2.21. The number of sulfonamides is 1. The molecule has 2 rings (SSSR count). The lowest BCUT2D eigenvalue weighted by Gasteiger charge is -2.08. The van der Waals surface area contributed by atoms with E-state index in [4.69, 9.17) is 28.3 Å². The van der Waals surface area contributed by atoms with Crippen molar-refractivity contribution in [2.24, 2.45) is 5.14 Å². The maximum absolute atomic E-state index is 12.4. The van der Waals surface area contributed by atoms with Crippen LogP contribution in [0.15, 0.2) is 46.3 Å². The van der Waals surface area contributed by atoms with E-state index in [2.05, 4.69) is 4.98 Å². The van der Waals surface area contributed by atoms with E-state index in [-0.39, 0.29) is 15.7 Å². The second-order valence-corrected chi connectivity index (χ2v) is 8.92. The second-order valence-electron chi connectivity index (χ2n) is 4.67. The number of aromatic nitrogens is 1. The normalized spacial score (nSPS) is 12.1. The van der Waals surface area contributed by atoms with Gasteiger partial charge >= 0.3 is 0 Å². The van der Waals surface area contributed by atoms with Gasteiger partial charge in [-0.3, -0.25) is 4.79 Å². The van der Waals surface area contributed by atoms with Crippen LogP contribution in [-0.4, -0.2) is 33.4 Å². The highest BCUT2D eigenvalue weighted by Gasteiger charge is 2.27. The fourth-order valence-corrected chi connectivity index (χ4v) is 4.79. The number of nitrogens with two attached hydrogens (primary N) is 1. The van der Waals surface area contributed by atoms with Crippen LogP contribution in [0.3, 0.4) is 0 Å². The Morgan fingerprint density at radius 2 is 1.67 bits per heavy atom. The number of hydrogen-bond acceptors (Lipinski definition) is 6. The molecule has 0 saturated heterocycles. The van der Waals surface area contributed by atoms with Crippen LogP contribution in [-0.2, 0) is 19.9 Å². The van der Waals surface area contributed by atoms with Gasteiger partial charge in [0.1, 0.15) is 15.8 Å². The summed E-state index contributed by atoms with van der Waals surface area (Å²) in [5, 5.41) is 4.97. The number of carbonyl (C=O) groups excluding carboxylic acids is 1. The number of hydrogen-bond donors (Lipinski definition) is 1. The third-order valence-electron chi connectivity index (χ3n) is 2.93. The number of carbonyl (C=O) groups is 1. The van der Waals surface area contributed by atoms with Crippen LogP contribution >= 0.6 is 23.2 Å². The van der Waals surface area contributed by atoms with Crippen molar-refractivity contribution >= 4 is 48.8 Å². The molecule has 0 saturated carbocycles. The summed E-state index contributed by atoms with van der Waals surface area (Å²) in [6.07, 6.45) is 1.08. The van der Waals surface area contributed by atoms with Crippen molar-refractivity contribution in [2.75, 3.05) is 5.75 Å². The minimum atomic E-state index is -4.27. The van der Waals surface area contributed by atoms with Gasteiger partial charge in [-0.15, -0.1) is 0 Å². The standard InChI is InChI=1S/C13H10Cl2N2O5S2/c14-9-5-8(6-17-13(9)15)10(18)7-23(19,20)11-3-1-2-4-12(11)24(16,21)22/h1-6H,7H2,(H2,16,21,22). The Balaban J connectivity index is 2.42. The van der Waals surface area contributed by atoms with E-state index >= 15 is 0 Å². The fourth-order valence-electron chi connectivity index (χ4n) is 1.85. The summed E-state index contributed by atoms with van der Waals surface area (Å²) in [5.74, 6) is -1.79. The van der Waals surface area contributed by atoms with Crippen molar-refractivity contribution in [3.05, 3.63) is 52.3 Å². The summed E-state index contributed by atoms with van der Waals surface area (Å²) in [7, 11) is -8.53. The summed E-state index contributed by atoms with van der Waals surface area (Å²) in [4.78, 5) is 14.7. The Hall–Kier alpha value is -1.52. The van der Waals surface area contributed by atoms with Crippen LogP contribution in [0, 0.1) is 0 Å². The second kappa shape index (κ2) is 6.77. The quantitative estimate of drug-likeness (QED) is 0.592. The maximum Gasteiger partial charge on any atom is 0.239 e. The molecule has 0 aliphatic heterocycles. The first kappa shape index (κ1) is 18.8. The lowest BCUT2D eigenvalue weighted by atomic mass is 10.2. The molecule has 2 aromatic rings. The van der Waals surface area contributed by atoms with E-state index < -0.39 is 41.2 Å². The summed E-state index contributed by atoms with van der Waals surface area (Å²) in [6.45, 7) is 0. The van der Waals surface area contributed by atoms with E-state index in [0.29, 0.717) is 0 Å². The molecule has 2 N–H and O–H groups in total. The summed E-state index contributed by atoms with van der Waals surface area (Å²) in [5.41, 5.74) is -0.0685. The molecule has 0 bridgehead atoms. The van der Waals surface area contributed by atoms with E-state index in [9.17, 15) is 21.6 Å². The Bertz CT molecular complexity index is 1020. The lowest BCUT2D eigenvalue weighted by molar-refractivity contribution is 0.102. The number of Topliss-reactive ketones (excluding diaryl/α,β-unsaturated/α-hetero) is 1. The molecule has 0 aliphatic carbocycles. The number of ketones is 1. The Morgan fingerprint density at radius 1 is 1.08 bits per heavy atom. The van der Waals surface area contributed by atoms with Crippen LogP contribution < -0.4 is 5.14 Å². The SMILES string of the molecule is NS(=O)(=O)c1ccccc1S(=O)(=O)CC(=O)c1cnc(Cl)c(Cl)c1. The molecular formula is C13H10Cl2N2O5S2. The molecule has 1 aromatic carbocycles. The first-order valence-corrected chi connectivity index (χ1v) is 10.2. The van der Waals surface area contributed by atoms with Crippen LogP contribution in [0.5, 0.6) is 0 Å². The highest BCUT2D eigenvalue weighted by molar-refractivity contribution is 7.94. The molecule has 0 unspecified atom stereocenters. The minimum absolute atomic E-state index is 0.00940. The molecule has 1 heterocycles. The van der Waals surface area contributed by atoms with Crippen molar-refractivity contribution in [3.8, 4) is 0 Å². The van der Waals surface area contributed by atoms with E-state index in [1.165, 1.54) is 18.2 Å². The molecule has 0 spiro atoms. The Morgan fingerprint density at radius 3 is 2.21 bits per heavy atom. The van der Waals surface area contributed by atoms with Gasteiger partial charge in [0.15, 0.2) is 15.6 Å². The molecule has 128 valence electrons. The number of nitrogens with zero attached hydrogens (tertiary/aromatic N) is 1. The molecule has 11 heteroatoms. The number of sulfone groups is 1. The number of rotatable bonds is 5.